The van der Waals surface area contributed by atoms with Gasteiger partial charge in [0.15, 0.2) is 6.29 Å². The van der Waals surface area contributed by atoms with Crippen molar-refractivity contribution in [2.45, 2.75) is 101 Å². The minimum atomic E-state index is -1.12. The third-order valence-corrected chi connectivity index (χ3v) is 8.72. The lowest BCUT2D eigenvalue weighted by atomic mass is 9.93. The number of hydrogen-bond donors (Lipinski definition) is 5. The first-order chi connectivity index (χ1) is 21.1. The number of aldehydes is 1. The molecule has 6 atom stereocenters. The van der Waals surface area contributed by atoms with Gasteiger partial charge in [-0.05, 0) is 51.0 Å². The van der Waals surface area contributed by atoms with Crippen LogP contribution < -0.4 is 16.0 Å². The summed E-state index contributed by atoms with van der Waals surface area (Å²) in [5.41, 5.74) is 1.76. The molecular weight excluding hydrogens is 574 g/mol. The van der Waals surface area contributed by atoms with Crippen molar-refractivity contribution in [3.8, 4) is 0 Å². The monoisotopic (exact) mass is 617 g/mol. The molecule has 1 aliphatic carbocycles. The van der Waals surface area contributed by atoms with Crippen molar-refractivity contribution < 1.29 is 43.7 Å². The number of carbonyl (C=O) groups excluding carboxylic acids is 6. The Morgan fingerprint density at radius 2 is 1.66 bits per heavy atom. The highest BCUT2D eigenvalue weighted by molar-refractivity contribution is 5.93. The van der Waals surface area contributed by atoms with E-state index in [4.69, 9.17) is 4.74 Å². The standard InChI is InChI=1S/C30H43N5O9/c1-18-28(41)21(15-27(40)44-18)33-30(43)23-9-5-12-35(23)26(39)17-31-24(37)16-32-29(42)22-8-4-11-34(22)25(38)14-20-7-3-2-6-19(20)10-13-36/h3,7,13,18,21-23,27-28,40-41H,2,4-6,8-12,14-17H2,1H3,(H,31,37)(H,32,42)(H,33,43). The van der Waals surface area contributed by atoms with Crippen LogP contribution in [0.1, 0.15) is 64.7 Å². The second-order valence-corrected chi connectivity index (χ2v) is 11.7. The summed E-state index contributed by atoms with van der Waals surface area (Å²) in [5, 5.41) is 27.9. The summed E-state index contributed by atoms with van der Waals surface area (Å²) in [4.78, 5) is 78.2. The minimum absolute atomic E-state index is 0.0181. The van der Waals surface area contributed by atoms with Gasteiger partial charge in [0.05, 0.1) is 31.7 Å². The van der Waals surface area contributed by atoms with E-state index >= 15 is 0 Å². The summed E-state index contributed by atoms with van der Waals surface area (Å²) < 4.78 is 5.16. The summed E-state index contributed by atoms with van der Waals surface area (Å²) >= 11 is 0. The molecule has 0 saturated carbocycles. The summed E-state index contributed by atoms with van der Waals surface area (Å²) in [6.07, 6.45) is 5.97. The first-order valence-electron chi connectivity index (χ1n) is 15.4. The third kappa shape index (κ3) is 8.30. The number of ether oxygens (including phenoxy) is 1. The maximum atomic E-state index is 13.1. The Morgan fingerprint density at radius 3 is 2.36 bits per heavy atom. The summed E-state index contributed by atoms with van der Waals surface area (Å²) in [6.45, 7) is 1.60. The van der Waals surface area contributed by atoms with Crippen molar-refractivity contribution in [3.63, 3.8) is 0 Å². The predicted octanol–water partition coefficient (Wildman–Crippen LogP) is -1.20. The smallest absolute Gasteiger partial charge is 0.243 e. The van der Waals surface area contributed by atoms with E-state index < -0.39 is 60.3 Å². The van der Waals surface area contributed by atoms with Gasteiger partial charge in [0.25, 0.3) is 0 Å². The highest BCUT2D eigenvalue weighted by Crippen LogP contribution is 2.27. The predicted molar refractivity (Wildman–Crippen MR) is 155 cm³/mol. The number of allylic oxidation sites excluding steroid dienone is 3. The molecule has 0 radical (unpaired) electrons. The minimum Gasteiger partial charge on any atom is -0.388 e. The SMILES string of the molecule is CC1OC(O)CC(NC(=O)C2CCCN2C(=O)CNC(=O)CNC(=O)C2CCCN2C(=O)CC2=C(CC=O)CCC=C2)C1O. The zero-order chi connectivity index (χ0) is 31.8. The van der Waals surface area contributed by atoms with Crippen LogP contribution in [-0.2, 0) is 33.5 Å². The summed E-state index contributed by atoms with van der Waals surface area (Å²) in [6, 6.07) is -2.21. The summed E-state index contributed by atoms with van der Waals surface area (Å²) in [5.74, 6) is -2.16. The van der Waals surface area contributed by atoms with Gasteiger partial charge < -0.3 is 45.5 Å². The molecule has 0 bridgehead atoms. The number of likely N-dealkylation sites (tertiary alicyclic amines) is 2. The highest BCUT2D eigenvalue weighted by Gasteiger charge is 2.40. The van der Waals surface area contributed by atoms with E-state index in [2.05, 4.69) is 16.0 Å². The Hall–Kier alpha value is -3.62. The third-order valence-electron chi connectivity index (χ3n) is 8.72. The van der Waals surface area contributed by atoms with Crippen LogP contribution in [0, 0.1) is 0 Å². The van der Waals surface area contributed by atoms with Gasteiger partial charge in [-0.3, -0.25) is 24.0 Å². The maximum Gasteiger partial charge on any atom is 0.243 e. The van der Waals surface area contributed by atoms with Crippen LogP contribution >= 0.6 is 0 Å². The Bertz CT molecular complexity index is 1190. The summed E-state index contributed by atoms with van der Waals surface area (Å²) in [7, 11) is 0. The molecule has 3 aliphatic heterocycles. The molecule has 3 heterocycles. The number of rotatable bonds is 11. The largest absolute Gasteiger partial charge is 0.388 e. The average molecular weight is 618 g/mol. The van der Waals surface area contributed by atoms with Crippen LogP contribution in [0.2, 0.25) is 0 Å². The highest BCUT2D eigenvalue weighted by atomic mass is 16.6. The molecule has 14 heteroatoms. The molecule has 5 N–H and O–H groups in total. The van der Waals surface area contributed by atoms with Crippen LogP contribution in [0.4, 0.5) is 0 Å². The van der Waals surface area contributed by atoms with Crippen molar-refractivity contribution >= 4 is 35.8 Å². The van der Waals surface area contributed by atoms with Crippen molar-refractivity contribution in [1.82, 2.24) is 25.8 Å². The lowest BCUT2D eigenvalue weighted by Gasteiger charge is -2.37. The molecule has 0 aromatic carbocycles. The van der Waals surface area contributed by atoms with E-state index in [1.54, 1.807) is 6.92 Å². The second-order valence-electron chi connectivity index (χ2n) is 11.7. The Morgan fingerprint density at radius 1 is 0.977 bits per heavy atom. The van der Waals surface area contributed by atoms with Crippen molar-refractivity contribution in [1.29, 1.82) is 0 Å². The van der Waals surface area contributed by atoms with E-state index in [9.17, 15) is 39.0 Å². The Labute approximate surface area is 256 Å². The van der Waals surface area contributed by atoms with Gasteiger partial charge in [-0.1, -0.05) is 17.7 Å². The Balaban J connectivity index is 1.22. The van der Waals surface area contributed by atoms with Gasteiger partial charge in [0.1, 0.15) is 24.5 Å². The quantitative estimate of drug-likeness (QED) is 0.177. The first kappa shape index (κ1) is 33.3. The molecule has 0 aromatic heterocycles. The Kier molecular flexibility index (Phi) is 11.6. The van der Waals surface area contributed by atoms with Crippen molar-refractivity contribution in [2.24, 2.45) is 0 Å². The van der Waals surface area contributed by atoms with Gasteiger partial charge in [0.2, 0.25) is 29.5 Å². The number of aliphatic hydroxyl groups is 2. The van der Waals surface area contributed by atoms with E-state index in [0.717, 1.165) is 30.3 Å². The lowest BCUT2D eigenvalue weighted by Crippen LogP contribution is -2.58. The van der Waals surface area contributed by atoms with Gasteiger partial charge >= 0.3 is 0 Å². The van der Waals surface area contributed by atoms with Gasteiger partial charge in [-0.25, -0.2) is 0 Å². The number of amides is 5. The topological polar surface area (TPSA) is 195 Å². The molecule has 4 aliphatic rings. The van der Waals surface area contributed by atoms with Crippen molar-refractivity contribution in [2.75, 3.05) is 26.2 Å². The number of carbonyl (C=O) groups is 6. The van der Waals surface area contributed by atoms with Crippen LogP contribution in [0.15, 0.2) is 23.3 Å². The van der Waals surface area contributed by atoms with E-state index in [-0.39, 0.29) is 38.3 Å². The molecule has 3 fully saturated rings. The van der Waals surface area contributed by atoms with Crippen LogP contribution in [0.5, 0.6) is 0 Å². The fraction of sp³-hybridized carbons (Fsp3) is 0.667. The molecule has 4 rings (SSSR count). The second kappa shape index (κ2) is 15.4. The number of nitrogens with one attached hydrogen (secondary N) is 3. The molecule has 14 nitrogen and oxygen atoms in total. The molecule has 0 spiro atoms. The zero-order valence-electron chi connectivity index (χ0n) is 25.0. The fourth-order valence-corrected chi connectivity index (χ4v) is 6.33. The number of aliphatic hydroxyl groups excluding tert-OH is 2. The molecule has 242 valence electrons. The van der Waals surface area contributed by atoms with Crippen LogP contribution in [-0.4, -0.2) is 119 Å². The van der Waals surface area contributed by atoms with Gasteiger partial charge in [-0.15, -0.1) is 0 Å². The molecular formula is C30H43N5O9. The normalized spacial score (nSPS) is 28.5. The molecule has 0 aromatic rings. The average Bonchev–Trinajstić information content (AvgIpc) is 3.69. The maximum absolute atomic E-state index is 13.1. The first-order valence-corrected chi connectivity index (χ1v) is 15.4. The van der Waals surface area contributed by atoms with E-state index in [0.29, 0.717) is 38.8 Å². The molecule has 6 unspecified atom stereocenters. The molecule has 5 amide bonds. The number of hydrogen-bond acceptors (Lipinski definition) is 9. The zero-order valence-corrected chi connectivity index (χ0v) is 25.0. The molecule has 44 heavy (non-hydrogen) atoms. The van der Waals surface area contributed by atoms with Crippen LogP contribution in [0.25, 0.3) is 0 Å². The van der Waals surface area contributed by atoms with Crippen molar-refractivity contribution in [3.05, 3.63) is 23.3 Å². The lowest BCUT2D eigenvalue weighted by molar-refractivity contribution is -0.203. The van der Waals surface area contributed by atoms with Gasteiger partial charge in [0, 0.05) is 25.9 Å². The van der Waals surface area contributed by atoms with E-state index in [1.807, 2.05) is 12.2 Å². The fourth-order valence-electron chi connectivity index (χ4n) is 6.33. The number of nitrogens with zero attached hydrogens (tertiary/aromatic N) is 2. The molecule has 3 saturated heterocycles. The van der Waals surface area contributed by atoms with Crippen LogP contribution in [0.3, 0.4) is 0 Å². The van der Waals surface area contributed by atoms with E-state index in [1.165, 1.54) is 9.80 Å². The van der Waals surface area contributed by atoms with Gasteiger partial charge in [-0.2, -0.15) is 0 Å².